The lowest BCUT2D eigenvalue weighted by atomic mass is 9.65. The van der Waals surface area contributed by atoms with Gasteiger partial charge >= 0.3 is 0 Å². The van der Waals surface area contributed by atoms with Crippen LogP contribution in [-0.4, -0.2) is 24.2 Å². The molecule has 8 rings (SSSR count). The van der Waals surface area contributed by atoms with E-state index < -0.39 is 29.6 Å². The summed E-state index contributed by atoms with van der Waals surface area (Å²) >= 11 is 7.73. The highest BCUT2D eigenvalue weighted by atomic mass is 32.1. The van der Waals surface area contributed by atoms with Crippen LogP contribution in [0, 0.1) is 0 Å². The molecular formula is C65H82S4Si3. The van der Waals surface area contributed by atoms with Gasteiger partial charge < -0.3 is 0 Å². The van der Waals surface area contributed by atoms with E-state index in [-0.39, 0.29) is 15.1 Å². The molecular weight excluding hydrogens is 993 g/mol. The average Bonchev–Trinajstić information content (AvgIpc) is 4.19. The molecule has 0 aliphatic heterocycles. The molecule has 0 nitrogen and oxygen atoms in total. The second-order valence-electron chi connectivity index (χ2n) is 25.3. The first kappa shape index (κ1) is 54.6. The fraction of sp³-hybridized carbons (Fsp3) is 0.385. The van der Waals surface area contributed by atoms with Gasteiger partial charge in [0.1, 0.15) is 0 Å². The summed E-state index contributed by atoms with van der Waals surface area (Å²) in [6.45, 7) is 39.4. The van der Waals surface area contributed by atoms with Gasteiger partial charge in [-0.15, -0.1) is 45.3 Å². The summed E-state index contributed by atoms with van der Waals surface area (Å²) in [5, 5.41) is 5.25. The zero-order chi connectivity index (χ0) is 52.1. The number of unbranched alkanes of at least 4 members (excludes halogenated alkanes) is 3. The van der Waals surface area contributed by atoms with Crippen molar-refractivity contribution in [3.8, 4) is 39.7 Å². The molecule has 0 fully saturated rings. The second-order valence-corrected chi connectivity index (χ2v) is 45.7. The van der Waals surface area contributed by atoms with Gasteiger partial charge in [0.25, 0.3) is 0 Å². The number of aryl methyl sites for hydroxylation is 1. The van der Waals surface area contributed by atoms with Gasteiger partial charge in [-0.05, 0) is 104 Å². The minimum absolute atomic E-state index is 0.240. The van der Waals surface area contributed by atoms with Gasteiger partial charge in [0.15, 0.2) is 0 Å². The first-order valence-electron chi connectivity index (χ1n) is 26.6. The quantitative estimate of drug-likeness (QED) is 0.0514. The molecule has 0 saturated carbocycles. The van der Waals surface area contributed by atoms with Gasteiger partial charge in [-0.25, -0.2) is 0 Å². The number of benzene rings is 4. The summed E-state index contributed by atoms with van der Waals surface area (Å²) in [6, 6.07) is 58.2. The number of hydrogen-bond acceptors (Lipinski definition) is 4. The Morgan fingerprint density at radius 2 is 0.611 bits per heavy atom. The standard InChI is InChI=1S/C65H82S4Si3/c1-17-18-19-20-21-51-32-39-56(66-51)57-42-43-60(68-57)61-45-44-59(69-61)58-41-40-55(67-58)46-22-24-47(25-23-46)65(48-26-33-52(34-27-48)70(11,12)62(2,3)4,49-28-35-53(36-29-49)71(13,14)63(5,6)7)50-30-37-54(38-31-50)72(15,16)64(8,9)10/h22-45H,17-21H2,1-16H3. The van der Waals surface area contributed by atoms with Crippen LogP contribution in [0.4, 0.5) is 0 Å². The molecule has 4 heterocycles. The van der Waals surface area contributed by atoms with Crippen molar-refractivity contribution in [2.75, 3.05) is 0 Å². The molecule has 0 radical (unpaired) electrons. The maximum Gasteiger partial charge on any atom is 0.0859 e. The van der Waals surface area contributed by atoms with Crippen LogP contribution in [0.25, 0.3) is 39.7 Å². The molecule has 4 aromatic carbocycles. The van der Waals surface area contributed by atoms with Crippen molar-refractivity contribution >= 4 is 85.1 Å². The highest BCUT2D eigenvalue weighted by molar-refractivity contribution is 7.29. The highest BCUT2D eigenvalue weighted by Crippen LogP contribution is 2.49. The van der Waals surface area contributed by atoms with Crippen molar-refractivity contribution in [3.05, 3.63) is 173 Å². The Morgan fingerprint density at radius 1 is 0.319 bits per heavy atom. The van der Waals surface area contributed by atoms with E-state index in [4.69, 9.17) is 0 Å². The van der Waals surface area contributed by atoms with Gasteiger partial charge in [0.2, 0.25) is 0 Å². The van der Waals surface area contributed by atoms with Crippen LogP contribution in [0.1, 0.15) is 122 Å². The molecule has 0 aliphatic carbocycles. The van der Waals surface area contributed by atoms with E-state index in [9.17, 15) is 0 Å². The van der Waals surface area contributed by atoms with E-state index in [1.807, 2.05) is 45.3 Å². The van der Waals surface area contributed by atoms with E-state index in [0.717, 1.165) is 0 Å². The molecule has 0 aliphatic rings. The van der Waals surface area contributed by atoms with Crippen LogP contribution in [0.15, 0.2) is 146 Å². The Balaban J connectivity index is 1.18. The molecule has 0 bridgehead atoms. The first-order valence-corrected chi connectivity index (χ1v) is 38.9. The monoisotopic (exact) mass is 1070 g/mol. The molecule has 0 spiro atoms. The predicted molar refractivity (Wildman–Crippen MR) is 336 cm³/mol. The zero-order valence-corrected chi connectivity index (χ0v) is 52.8. The molecule has 0 saturated heterocycles. The summed E-state index contributed by atoms with van der Waals surface area (Å²) in [5.41, 5.74) is 5.98. The van der Waals surface area contributed by atoms with E-state index in [1.54, 1.807) is 0 Å². The minimum Gasteiger partial charge on any atom is -0.139 e. The van der Waals surface area contributed by atoms with E-state index in [2.05, 4.69) is 254 Å². The molecule has 0 amide bonds. The molecule has 0 unspecified atom stereocenters. The minimum atomic E-state index is -1.78. The van der Waals surface area contributed by atoms with Gasteiger partial charge in [0.05, 0.1) is 29.6 Å². The second kappa shape index (κ2) is 20.8. The van der Waals surface area contributed by atoms with E-state index >= 15 is 0 Å². The molecule has 7 heteroatoms. The molecule has 4 aromatic heterocycles. The third-order valence-corrected chi connectivity index (χ3v) is 39.4. The van der Waals surface area contributed by atoms with Crippen LogP contribution in [0.2, 0.25) is 54.4 Å². The molecule has 72 heavy (non-hydrogen) atoms. The number of hydrogen-bond donors (Lipinski definition) is 0. The topological polar surface area (TPSA) is 0 Å². The van der Waals surface area contributed by atoms with Crippen LogP contribution < -0.4 is 15.6 Å². The van der Waals surface area contributed by atoms with Crippen molar-refractivity contribution in [2.24, 2.45) is 0 Å². The Kier molecular flexibility index (Phi) is 15.8. The molecule has 8 aromatic rings. The Hall–Kier alpha value is -3.67. The lowest BCUT2D eigenvalue weighted by molar-refractivity contribution is 0.670. The van der Waals surface area contributed by atoms with Crippen molar-refractivity contribution < 1.29 is 0 Å². The van der Waals surface area contributed by atoms with Crippen molar-refractivity contribution in [1.29, 1.82) is 0 Å². The lowest BCUT2D eigenvalue weighted by Crippen LogP contribution is -2.50. The maximum atomic E-state index is 2.54. The summed E-state index contributed by atoms with van der Waals surface area (Å²) in [7, 11) is -5.35. The molecule has 378 valence electrons. The maximum absolute atomic E-state index is 2.54. The van der Waals surface area contributed by atoms with Crippen LogP contribution in [-0.2, 0) is 11.8 Å². The third-order valence-electron chi connectivity index (χ3n) is 17.8. The summed E-state index contributed by atoms with van der Waals surface area (Å²) in [6.07, 6.45) is 6.46. The average molecular weight is 1080 g/mol. The highest BCUT2D eigenvalue weighted by Gasteiger charge is 2.43. The molecule has 0 N–H and O–H groups in total. The van der Waals surface area contributed by atoms with E-state index in [0.29, 0.717) is 0 Å². The largest absolute Gasteiger partial charge is 0.139 e. The third kappa shape index (κ3) is 10.6. The SMILES string of the molecule is CCCCCCc1ccc(-c2ccc(-c3ccc(-c4ccc(-c5ccc(C(c6ccc([Si](C)(C)C(C)(C)C)cc6)(c6ccc([Si](C)(C)C(C)(C)C)cc6)c6ccc([Si](C)(C)C(C)(C)C)cc6)cc5)s4)s3)s2)s1. The van der Waals surface area contributed by atoms with Crippen LogP contribution >= 0.6 is 45.3 Å². The fourth-order valence-corrected chi connectivity index (χ4v) is 19.7. The summed E-state index contributed by atoms with van der Waals surface area (Å²) in [4.78, 5) is 11.0. The number of thiophene rings is 4. The van der Waals surface area contributed by atoms with Gasteiger partial charge in [0, 0.05) is 39.0 Å². The lowest BCUT2D eigenvalue weighted by Gasteiger charge is -2.41. The van der Waals surface area contributed by atoms with E-state index in [1.165, 1.54) is 114 Å². The van der Waals surface area contributed by atoms with Crippen molar-refractivity contribution in [2.45, 2.75) is 161 Å². The molecule has 0 atom stereocenters. The van der Waals surface area contributed by atoms with Crippen LogP contribution in [0.5, 0.6) is 0 Å². The Labute approximate surface area is 455 Å². The van der Waals surface area contributed by atoms with Gasteiger partial charge in [-0.2, -0.15) is 0 Å². The fourth-order valence-electron chi connectivity index (χ4n) is 9.80. The Morgan fingerprint density at radius 3 is 0.944 bits per heavy atom. The normalized spacial score (nSPS) is 13.3. The first-order chi connectivity index (χ1) is 33.8. The Bertz CT molecular complexity index is 2890. The predicted octanol–water partition coefficient (Wildman–Crippen LogP) is 20.3. The zero-order valence-electron chi connectivity index (χ0n) is 46.5. The number of rotatable bonds is 16. The summed E-state index contributed by atoms with van der Waals surface area (Å²) < 4.78 is 0. The smallest absolute Gasteiger partial charge is 0.0859 e. The van der Waals surface area contributed by atoms with Crippen molar-refractivity contribution in [3.63, 3.8) is 0 Å². The van der Waals surface area contributed by atoms with Gasteiger partial charge in [-0.3, -0.25) is 0 Å². The van der Waals surface area contributed by atoms with Gasteiger partial charge in [-0.1, -0.05) is 240 Å². The van der Waals surface area contributed by atoms with Crippen molar-refractivity contribution in [1.82, 2.24) is 0 Å². The van der Waals surface area contributed by atoms with Crippen LogP contribution in [0.3, 0.4) is 0 Å². The summed E-state index contributed by atoms with van der Waals surface area (Å²) in [5.74, 6) is 0.